The van der Waals surface area contributed by atoms with E-state index in [1.54, 1.807) is 0 Å². The summed E-state index contributed by atoms with van der Waals surface area (Å²) in [5.41, 5.74) is 3.98. The zero-order valence-electron chi connectivity index (χ0n) is 14.7. The normalized spacial score (nSPS) is 23.3. The number of hydrogen-bond donors (Lipinski definition) is 0. The zero-order valence-corrected chi connectivity index (χ0v) is 14.7. The van der Waals surface area contributed by atoms with Crippen molar-refractivity contribution in [3.8, 4) is 11.1 Å². The molecule has 2 atom stereocenters. The van der Waals surface area contributed by atoms with Crippen molar-refractivity contribution >= 4 is 16.5 Å². The Morgan fingerprint density at radius 1 is 0.800 bits per heavy atom. The van der Waals surface area contributed by atoms with Gasteiger partial charge in [0.2, 0.25) is 0 Å². The third-order valence-corrected chi connectivity index (χ3v) is 6.01. The van der Waals surface area contributed by atoms with Crippen LogP contribution in [0.25, 0.3) is 21.9 Å². The van der Waals surface area contributed by atoms with E-state index < -0.39 is 0 Å². The predicted molar refractivity (Wildman–Crippen MR) is 106 cm³/mol. The topological polar surface area (TPSA) is 6.48 Å². The molecule has 3 aromatic rings. The van der Waals surface area contributed by atoms with E-state index in [1.807, 2.05) is 0 Å². The van der Waals surface area contributed by atoms with E-state index in [0.29, 0.717) is 6.04 Å². The fourth-order valence-electron chi connectivity index (χ4n) is 4.71. The molecule has 2 saturated heterocycles. The standard InChI is InChI=1S/C23H24N2/c1-24-15-21-12-13-25(23(21)16-24)22-10-8-18(9-11-22)20-7-6-17-4-2-3-5-19(17)14-20/h2-11,14,21,23H,12-13,15-16H2,1H3/t21-,23+/m1/s1. The Labute approximate surface area is 149 Å². The van der Waals surface area contributed by atoms with E-state index in [9.17, 15) is 0 Å². The summed E-state index contributed by atoms with van der Waals surface area (Å²) < 4.78 is 0. The van der Waals surface area contributed by atoms with Gasteiger partial charge in [-0.25, -0.2) is 0 Å². The van der Waals surface area contributed by atoms with Gasteiger partial charge in [-0.3, -0.25) is 0 Å². The molecule has 2 aliphatic heterocycles. The zero-order chi connectivity index (χ0) is 16.8. The van der Waals surface area contributed by atoms with Crippen molar-refractivity contribution in [3.63, 3.8) is 0 Å². The highest BCUT2D eigenvalue weighted by Crippen LogP contribution is 2.35. The van der Waals surface area contributed by atoms with Crippen molar-refractivity contribution in [2.24, 2.45) is 5.92 Å². The first-order chi connectivity index (χ1) is 12.3. The van der Waals surface area contributed by atoms with E-state index >= 15 is 0 Å². The van der Waals surface area contributed by atoms with Gasteiger partial charge in [0.25, 0.3) is 0 Å². The number of benzene rings is 3. The second kappa shape index (κ2) is 5.89. The van der Waals surface area contributed by atoms with Crippen LogP contribution >= 0.6 is 0 Å². The van der Waals surface area contributed by atoms with Crippen molar-refractivity contribution in [1.29, 1.82) is 0 Å². The number of fused-ring (bicyclic) bond motifs is 2. The summed E-state index contributed by atoms with van der Waals surface area (Å²) in [5.74, 6) is 0.852. The Bertz CT molecular complexity index is 899. The van der Waals surface area contributed by atoms with Gasteiger partial charge >= 0.3 is 0 Å². The highest BCUT2D eigenvalue weighted by molar-refractivity contribution is 5.87. The summed E-state index contributed by atoms with van der Waals surface area (Å²) in [4.78, 5) is 5.10. The molecule has 126 valence electrons. The number of nitrogens with zero attached hydrogens (tertiary/aromatic N) is 2. The SMILES string of the molecule is CN1C[C@H]2CCN(c3ccc(-c4ccc5ccccc5c4)cc3)[C@H]2C1. The minimum atomic E-state index is 0.705. The molecule has 0 unspecified atom stereocenters. The summed E-state index contributed by atoms with van der Waals surface area (Å²) in [6.45, 7) is 3.67. The summed E-state index contributed by atoms with van der Waals surface area (Å²) >= 11 is 0. The Balaban J connectivity index is 1.43. The number of hydrogen-bond acceptors (Lipinski definition) is 2. The van der Waals surface area contributed by atoms with Crippen LogP contribution in [0.3, 0.4) is 0 Å². The van der Waals surface area contributed by atoms with Gasteiger partial charge in [0.05, 0.1) is 0 Å². The van der Waals surface area contributed by atoms with E-state index in [4.69, 9.17) is 0 Å². The van der Waals surface area contributed by atoms with Crippen LogP contribution in [0.1, 0.15) is 6.42 Å². The lowest BCUT2D eigenvalue weighted by atomic mass is 10.0. The van der Waals surface area contributed by atoms with Crippen molar-refractivity contribution in [2.75, 3.05) is 31.6 Å². The Morgan fingerprint density at radius 3 is 2.40 bits per heavy atom. The highest BCUT2D eigenvalue weighted by Gasteiger charge is 2.39. The van der Waals surface area contributed by atoms with Gasteiger partial charge in [-0.1, -0.05) is 48.5 Å². The van der Waals surface area contributed by atoms with Crippen molar-refractivity contribution in [2.45, 2.75) is 12.5 Å². The molecule has 2 aliphatic rings. The molecule has 0 bridgehead atoms. The average Bonchev–Trinajstić information content (AvgIpc) is 3.20. The third-order valence-electron chi connectivity index (χ3n) is 6.01. The van der Waals surface area contributed by atoms with Crippen molar-refractivity contribution in [3.05, 3.63) is 66.7 Å². The largest absolute Gasteiger partial charge is 0.367 e. The maximum absolute atomic E-state index is 2.62. The number of likely N-dealkylation sites (tertiary alicyclic amines) is 1. The average molecular weight is 328 g/mol. The Hall–Kier alpha value is -2.32. The van der Waals surface area contributed by atoms with Gasteiger partial charge in [0, 0.05) is 31.4 Å². The van der Waals surface area contributed by atoms with Crippen LogP contribution < -0.4 is 4.90 Å². The molecule has 0 aromatic heterocycles. The smallest absolute Gasteiger partial charge is 0.0457 e. The molecule has 0 saturated carbocycles. The van der Waals surface area contributed by atoms with Crippen LogP contribution in [-0.2, 0) is 0 Å². The van der Waals surface area contributed by atoms with E-state index in [1.165, 1.54) is 53.6 Å². The van der Waals surface area contributed by atoms with Crippen LogP contribution in [0, 0.1) is 5.92 Å². The number of likely N-dealkylation sites (N-methyl/N-ethyl adjacent to an activating group) is 1. The minimum absolute atomic E-state index is 0.705. The fourth-order valence-corrected chi connectivity index (χ4v) is 4.71. The van der Waals surface area contributed by atoms with Gasteiger partial charge < -0.3 is 9.80 Å². The van der Waals surface area contributed by atoms with E-state index in [-0.39, 0.29) is 0 Å². The summed E-state index contributed by atoms with van der Waals surface area (Å²) in [7, 11) is 2.25. The number of anilines is 1. The molecule has 2 nitrogen and oxygen atoms in total. The molecule has 0 amide bonds. The van der Waals surface area contributed by atoms with Crippen molar-refractivity contribution in [1.82, 2.24) is 4.90 Å². The monoisotopic (exact) mass is 328 g/mol. The minimum Gasteiger partial charge on any atom is -0.367 e. The van der Waals surface area contributed by atoms with Gasteiger partial charge in [-0.05, 0) is 59.5 Å². The maximum atomic E-state index is 2.62. The van der Waals surface area contributed by atoms with Crippen LogP contribution in [-0.4, -0.2) is 37.6 Å². The molecular weight excluding hydrogens is 304 g/mol. The molecule has 5 rings (SSSR count). The first-order valence-electron chi connectivity index (χ1n) is 9.32. The second-order valence-electron chi connectivity index (χ2n) is 7.64. The lowest BCUT2D eigenvalue weighted by Gasteiger charge is -2.26. The maximum Gasteiger partial charge on any atom is 0.0457 e. The number of rotatable bonds is 2. The summed E-state index contributed by atoms with van der Waals surface area (Å²) in [5, 5.41) is 2.61. The molecule has 0 spiro atoms. The van der Waals surface area contributed by atoms with Gasteiger partial charge in [0.1, 0.15) is 0 Å². The van der Waals surface area contributed by atoms with Crippen LogP contribution in [0.15, 0.2) is 66.7 Å². The lowest BCUT2D eigenvalue weighted by molar-refractivity contribution is 0.386. The van der Waals surface area contributed by atoms with Gasteiger partial charge in [-0.15, -0.1) is 0 Å². The summed E-state index contributed by atoms with van der Waals surface area (Å²) in [6, 6.07) is 25.2. The van der Waals surface area contributed by atoms with Crippen molar-refractivity contribution < 1.29 is 0 Å². The van der Waals surface area contributed by atoms with E-state index in [2.05, 4.69) is 83.6 Å². The first-order valence-corrected chi connectivity index (χ1v) is 9.32. The predicted octanol–water partition coefficient (Wildman–Crippen LogP) is 4.65. The lowest BCUT2D eigenvalue weighted by Crippen LogP contribution is -2.34. The third kappa shape index (κ3) is 2.61. The molecule has 0 radical (unpaired) electrons. The molecule has 2 fully saturated rings. The quantitative estimate of drug-likeness (QED) is 0.676. The van der Waals surface area contributed by atoms with Crippen LogP contribution in [0.4, 0.5) is 5.69 Å². The molecular formula is C23H24N2. The second-order valence-corrected chi connectivity index (χ2v) is 7.64. The Morgan fingerprint density at radius 2 is 1.56 bits per heavy atom. The first kappa shape index (κ1) is 15.0. The molecule has 2 heteroatoms. The van der Waals surface area contributed by atoms with Gasteiger partial charge in [-0.2, -0.15) is 0 Å². The summed E-state index contributed by atoms with van der Waals surface area (Å²) in [6.07, 6.45) is 1.33. The van der Waals surface area contributed by atoms with Crippen LogP contribution in [0.2, 0.25) is 0 Å². The molecule has 3 aromatic carbocycles. The van der Waals surface area contributed by atoms with Gasteiger partial charge in [0.15, 0.2) is 0 Å². The van der Waals surface area contributed by atoms with E-state index in [0.717, 1.165) is 5.92 Å². The molecule has 0 N–H and O–H groups in total. The Kier molecular flexibility index (Phi) is 3.53. The van der Waals surface area contributed by atoms with Crippen LogP contribution in [0.5, 0.6) is 0 Å². The highest BCUT2D eigenvalue weighted by atomic mass is 15.3. The fraction of sp³-hybridized carbons (Fsp3) is 0.304. The molecule has 2 heterocycles. The molecule has 0 aliphatic carbocycles. The molecule has 25 heavy (non-hydrogen) atoms.